The van der Waals surface area contributed by atoms with Crippen molar-refractivity contribution in [1.29, 1.82) is 0 Å². The summed E-state index contributed by atoms with van der Waals surface area (Å²) in [5, 5.41) is 10.7. The van der Waals surface area contributed by atoms with Gasteiger partial charge in [-0.15, -0.1) is 0 Å². The lowest BCUT2D eigenvalue weighted by molar-refractivity contribution is 0.0690. The minimum atomic E-state index is -1.09. The van der Waals surface area contributed by atoms with Crippen LogP contribution in [0.3, 0.4) is 0 Å². The summed E-state index contributed by atoms with van der Waals surface area (Å²) in [7, 11) is 0. The zero-order valence-electron chi connectivity index (χ0n) is 14.5. The van der Waals surface area contributed by atoms with E-state index in [1.165, 1.54) is 6.07 Å². The Morgan fingerprint density at radius 2 is 1.73 bits per heavy atom. The van der Waals surface area contributed by atoms with Crippen LogP contribution in [0.4, 0.5) is 0 Å². The Morgan fingerprint density at radius 3 is 2.42 bits per heavy atom. The molecule has 0 bridgehead atoms. The fraction of sp³-hybridized carbons (Fsp3) is 0.200. The van der Waals surface area contributed by atoms with Crippen molar-refractivity contribution >= 4 is 28.5 Å². The Labute approximate surface area is 156 Å². The van der Waals surface area contributed by atoms with Gasteiger partial charge in [0.05, 0.1) is 5.52 Å². The van der Waals surface area contributed by atoms with E-state index in [2.05, 4.69) is 4.98 Å². The van der Waals surface area contributed by atoms with E-state index in [1.54, 1.807) is 12.1 Å². The predicted octanol–water partition coefficient (Wildman–Crippen LogP) is 4.66. The molecule has 3 aromatic rings. The van der Waals surface area contributed by atoms with Crippen molar-refractivity contribution in [3.05, 3.63) is 64.3 Å². The maximum absolute atomic E-state index is 11.2. The summed E-state index contributed by atoms with van der Waals surface area (Å²) in [5.74, 6) is 0.0999. The highest BCUT2D eigenvalue weighted by molar-refractivity contribution is 6.32. The number of aryl methyl sites for hydroxylation is 2. The van der Waals surface area contributed by atoms with Crippen LogP contribution >= 0.6 is 11.6 Å². The molecule has 1 aromatic heterocycles. The summed E-state index contributed by atoms with van der Waals surface area (Å²) in [6, 6.07) is 12.4. The summed E-state index contributed by atoms with van der Waals surface area (Å²) in [6.07, 6.45) is 0. The number of carboxylic acid groups (broad SMARTS) is 1. The van der Waals surface area contributed by atoms with Gasteiger partial charge in [-0.1, -0.05) is 23.7 Å². The quantitative estimate of drug-likeness (QED) is 0.638. The minimum Gasteiger partial charge on any atom is -0.490 e. The fourth-order valence-corrected chi connectivity index (χ4v) is 2.78. The molecular formula is C20H18ClNO4. The molecule has 0 aliphatic carbocycles. The van der Waals surface area contributed by atoms with E-state index in [1.807, 2.05) is 38.1 Å². The molecule has 0 radical (unpaired) electrons. The Bertz CT molecular complexity index is 948. The average Bonchev–Trinajstić information content (AvgIpc) is 2.62. The number of aromatic nitrogens is 1. The van der Waals surface area contributed by atoms with Crippen LogP contribution in [0.1, 0.15) is 21.6 Å². The summed E-state index contributed by atoms with van der Waals surface area (Å²) in [5.41, 5.74) is 2.43. The maximum Gasteiger partial charge on any atom is 0.354 e. The van der Waals surface area contributed by atoms with Gasteiger partial charge in [-0.05, 0) is 49.2 Å². The molecule has 6 heteroatoms. The number of pyridine rings is 1. The smallest absolute Gasteiger partial charge is 0.354 e. The lowest BCUT2D eigenvalue weighted by Crippen LogP contribution is -2.10. The van der Waals surface area contributed by atoms with Crippen molar-refractivity contribution in [2.24, 2.45) is 0 Å². The highest BCUT2D eigenvalue weighted by Crippen LogP contribution is 2.27. The molecule has 0 unspecified atom stereocenters. The van der Waals surface area contributed by atoms with Gasteiger partial charge >= 0.3 is 5.97 Å². The second kappa shape index (κ2) is 7.62. The van der Waals surface area contributed by atoms with Crippen LogP contribution in [0, 0.1) is 13.8 Å². The first kappa shape index (κ1) is 18.0. The van der Waals surface area contributed by atoms with Gasteiger partial charge in [0.15, 0.2) is 5.69 Å². The van der Waals surface area contributed by atoms with Crippen LogP contribution in [0.25, 0.3) is 10.9 Å². The number of nitrogens with zero attached hydrogens (tertiary/aromatic N) is 1. The Hall–Kier alpha value is -2.79. The molecule has 3 rings (SSSR count). The van der Waals surface area contributed by atoms with Crippen LogP contribution in [0.2, 0.25) is 5.02 Å². The van der Waals surface area contributed by atoms with Gasteiger partial charge in [0, 0.05) is 16.5 Å². The average molecular weight is 372 g/mol. The number of hydrogen-bond acceptors (Lipinski definition) is 4. The van der Waals surface area contributed by atoms with Gasteiger partial charge < -0.3 is 14.6 Å². The van der Waals surface area contributed by atoms with E-state index < -0.39 is 5.97 Å². The third-order valence-corrected chi connectivity index (χ3v) is 4.51. The van der Waals surface area contributed by atoms with Crippen LogP contribution in [0.5, 0.6) is 11.5 Å². The molecule has 134 valence electrons. The number of benzene rings is 2. The van der Waals surface area contributed by atoms with Crippen molar-refractivity contribution in [2.45, 2.75) is 13.8 Å². The molecule has 0 spiro atoms. The molecule has 0 saturated carbocycles. The van der Waals surface area contributed by atoms with Crippen molar-refractivity contribution < 1.29 is 19.4 Å². The largest absolute Gasteiger partial charge is 0.490 e. The normalized spacial score (nSPS) is 10.7. The predicted molar refractivity (Wildman–Crippen MR) is 101 cm³/mol. The Morgan fingerprint density at radius 1 is 1.08 bits per heavy atom. The number of carboxylic acids is 1. The monoisotopic (exact) mass is 371 g/mol. The van der Waals surface area contributed by atoms with E-state index in [-0.39, 0.29) is 12.3 Å². The molecule has 0 aliphatic heterocycles. The van der Waals surface area contributed by atoms with Crippen LogP contribution in [-0.2, 0) is 0 Å². The maximum atomic E-state index is 11.2. The van der Waals surface area contributed by atoms with Gasteiger partial charge in [-0.3, -0.25) is 0 Å². The molecule has 0 aliphatic rings. The summed E-state index contributed by atoms with van der Waals surface area (Å²) < 4.78 is 11.5. The number of halogens is 1. The lowest BCUT2D eigenvalue weighted by atomic mass is 10.1. The number of rotatable bonds is 6. The van der Waals surface area contributed by atoms with E-state index in [4.69, 9.17) is 21.1 Å². The van der Waals surface area contributed by atoms with Gasteiger partial charge in [0.1, 0.15) is 24.7 Å². The topological polar surface area (TPSA) is 68.7 Å². The summed E-state index contributed by atoms with van der Waals surface area (Å²) >= 11 is 6.15. The Kier molecular flexibility index (Phi) is 5.28. The molecule has 0 amide bonds. The fourth-order valence-electron chi connectivity index (χ4n) is 2.67. The SMILES string of the molecule is Cc1cc(OCCOc2cc(C(=O)O)nc3ccccc23)cc(C)c1Cl. The van der Waals surface area contributed by atoms with Crippen molar-refractivity contribution in [1.82, 2.24) is 4.98 Å². The van der Waals surface area contributed by atoms with Crippen molar-refractivity contribution in [3.8, 4) is 11.5 Å². The summed E-state index contributed by atoms with van der Waals surface area (Å²) in [4.78, 5) is 15.4. The van der Waals surface area contributed by atoms with Crippen molar-refractivity contribution in [2.75, 3.05) is 13.2 Å². The van der Waals surface area contributed by atoms with Crippen molar-refractivity contribution in [3.63, 3.8) is 0 Å². The summed E-state index contributed by atoms with van der Waals surface area (Å²) in [6.45, 7) is 4.44. The first-order valence-electron chi connectivity index (χ1n) is 8.11. The third kappa shape index (κ3) is 3.89. The highest BCUT2D eigenvalue weighted by atomic mass is 35.5. The molecule has 1 N–H and O–H groups in total. The van der Waals surface area contributed by atoms with E-state index in [9.17, 15) is 9.90 Å². The molecule has 2 aromatic carbocycles. The first-order chi connectivity index (χ1) is 12.5. The van der Waals surface area contributed by atoms with E-state index >= 15 is 0 Å². The zero-order valence-corrected chi connectivity index (χ0v) is 15.2. The second-order valence-electron chi connectivity index (χ2n) is 5.90. The zero-order chi connectivity index (χ0) is 18.7. The van der Waals surface area contributed by atoms with Crippen LogP contribution in [-0.4, -0.2) is 29.3 Å². The van der Waals surface area contributed by atoms with Gasteiger partial charge in [-0.2, -0.15) is 0 Å². The number of ether oxygens (including phenoxy) is 2. The Balaban J connectivity index is 1.71. The molecule has 5 nitrogen and oxygen atoms in total. The number of fused-ring (bicyclic) bond motifs is 1. The number of aromatic carboxylic acids is 1. The highest BCUT2D eigenvalue weighted by Gasteiger charge is 2.11. The van der Waals surface area contributed by atoms with E-state index in [0.717, 1.165) is 27.3 Å². The minimum absolute atomic E-state index is 0.0523. The van der Waals surface area contributed by atoms with Crippen LogP contribution < -0.4 is 9.47 Å². The van der Waals surface area contributed by atoms with Gasteiger partial charge in [-0.25, -0.2) is 9.78 Å². The molecule has 26 heavy (non-hydrogen) atoms. The van der Waals surface area contributed by atoms with E-state index in [0.29, 0.717) is 17.9 Å². The number of para-hydroxylation sites is 1. The molecule has 0 saturated heterocycles. The lowest BCUT2D eigenvalue weighted by Gasteiger charge is -2.12. The third-order valence-electron chi connectivity index (χ3n) is 3.92. The van der Waals surface area contributed by atoms with Gasteiger partial charge in [0.2, 0.25) is 0 Å². The molecular weight excluding hydrogens is 354 g/mol. The number of carbonyl (C=O) groups is 1. The second-order valence-corrected chi connectivity index (χ2v) is 6.27. The molecule has 0 fully saturated rings. The molecule has 1 heterocycles. The van der Waals surface area contributed by atoms with Crippen LogP contribution in [0.15, 0.2) is 42.5 Å². The first-order valence-corrected chi connectivity index (χ1v) is 8.49. The molecule has 0 atom stereocenters. The number of hydrogen-bond donors (Lipinski definition) is 1. The standard InChI is InChI=1S/C20H18ClNO4/c1-12-9-14(10-13(2)19(12)21)25-7-8-26-18-11-17(20(23)24)22-16-6-4-3-5-15(16)18/h3-6,9-11H,7-8H2,1-2H3,(H,23,24). The van der Waals surface area contributed by atoms with Gasteiger partial charge in [0.25, 0.3) is 0 Å².